The molecule has 1 fully saturated rings. The van der Waals surface area contributed by atoms with Crippen molar-refractivity contribution in [2.24, 2.45) is 5.92 Å². The van der Waals surface area contributed by atoms with E-state index >= 15 is 0 Å². The topological polar surface area (TPSA) is 15.3 Å². The highest BCUT2D eigenvalue weighted by Crippen LogP contribution is 2.32. The van der Waals surface area contributed by atoms with E-state index in [0.717, 1.165) is 12.0 Å². The molecule has 2 aliphatic rings. The van der Waals surface area contributed by atoms with Crippen LogP contribution in [0.5, 0.6) is 0 Å². The Hall–Kier alpha value is -1.02. The molecule has 2 aliphatic heterocycles. The lowest BCUT2D eigenvalue weighted by Crippen LogP contribution is -2.42. The largest absolute Gasteiger partial charge is 0.368 e. The number of hydrogen-bond donors (Lipinski definition) is 1. The van der Waals surface area contributed by atoms with Gasteiger partial charge in [0.05, 0.1) is 0 Å². The fraction of sp³-hybridized carbons (Fsp3) is 0.625. The number of para-hydroxylation sites is 1. The molecule has 0 saturated carbocycles. The number of fused-ring (bicyclic) bond motifs is 1. The Morgan fingerprint density at radius 1 is 1.17 bits per heavy atom. The Balaban J connectivity index is 1.86. The van der Waals surface area contributed by atoms with Gasteiger partial charge < -0.3 is 10.2 Å². The summed E-state index contributed by atoms with van der Waals surface area (Å²) < 4.78 is 0. The summed E-state index contributed by atoms with van der Waals surface area (Å²) in [6.45, 7) is 6.00. The number of anilines is 1. The number of nitrogens with zero attached hydrogens (tertiary/aromatic N) is 1. The van der Waals surface area contributed by atoms with E-state index in [1.807, 2.05) is 0 Å². The molecule has 2 nitrogen and oxygen atoms in total. The van der Waals surface area contributed by atoms with Crippen LogP contribution in [0, 0.1) is 5.92 Å². The van der Waals surface area contributed by atoms with Gasteiger partial charge in [0.2, 0.25) is 0 Å². The first kappa shape index (κ1) is 12.0. The lowest BCUT2D eigenvalue weighted by atomic mass is 9.91. The third kappa shape index (κ3) is 2.39. The highest BCUT2D eigenvalue weighted by molar-refractivity contribution is 5.56. The summed E-state index contributed by atoms with van der Waals surface area (Å²) in [7, 11) is 0. The maximum Gasteiger partial charge on any atom is 0.0401 e. The first-order valence-corrected chi connectivity index (χ1v) is 7.40. The molecule has 2 atom stereocenters. The molecular formula is C16H24N2. The fourth-order valence-corrected chi connectivity index (χ4v) is 3.50. The molecule has 1 aromatic carbocycles. The minimum absolute atomic E-state index is 0.740. The quantitative estimate of drug-likeness (QED) is 0.817. The van der Waals surface area contributed by atoms with Crippen molar-refractivity contribution in [2.45, 2.75) is 38.6 Å². The van der Waals surface area contributed by atoms with Gasteiger partial charge in [0.15, 0.2) is 0 Å². The number of rotatable bonds is 1. The number of nitrogens with one attached hydrogen (secondary N) is 1. The van der Waals surface area contributed by atoms with Gasteiger partial charge in [-0.3, -0.25) is 0 Å². The molecule has 0 aromatic heterocycles. The molecule has 0 spiro atoms. The fourth-order valence-electron chi connectivity index (χ4n) is 3.50. The highest BCUT2D eigenvalue weighted by atomic mass is 15.2. The van der Waals surface area contributed by atoms with Crippen molar-refractivity contribution < 1.29 is 0 Å². The maximum absolute atomic E-state index is 3.52. The smallest absolute Gasteiger partial charge is 0.0401 e. The van der Waals surface area contributed by atoms with Crippen molar-refractivity contribution in [1.82, 2.24) is 5.32 Å². The first-order valence-electron chi connectivity index (χ1n) is 7.40. The van der Waals surface area contributed by atoms with Crippen LogP contribution in [0.1, 0.15) is 31.7 Å². The predicted molar refractivity (Wildman–Crippen MR) is 77.2 cm³/mol. The molecule has 0 aliphatic carbocycles. The van der Waals surface area contributed by atoms with Gasteiger partial charge in [0.25, 0.3) is 0 Å². The molecular weight excluding hydrogens is 220 g/mol. The highest BCUT2D eigenvalue weighted by Gasteiger charge is 2.27. The second-order valence-electron chi connectivity index (χ2n) is 5.93. The van der Waals surface area contributed by atoms with Crippen molar-refractivity contribution in [3.8, 4) is 0 Å². The SMILES string of the molecule is CC1Cc2ccccc2N(C2CCCNCC2)C1. The van der Waals surface area contributed by atoms with Gasteiger partial charge in [-0.2, -0.15) is 0 Å². The Kier molecular flexibility index (Phi) is 3.55. The number of hydrogen-bond acceptors (Lipinski definition) is 2. The van der Waals surface area contributed by atoms with E-state index in [2.05, 4.69) is 41.4 Å². The normalized spacial score (nSPS) is 28.6. The van der Waals surface area contributed by atoms with Crippen LogP contribution in [0.3, 0.4) is 0 Å². The van der Waals surface area contributed by atoms with Crippen LogP contribution in [0.25, 0.3) is 0 Å². The Morgan fingerprint density at radius 2 is 2.06 bits per heavy atom. The van der Waals surface area contributed by atoms with E-state index in [0.29, 0.717) is 0 Å². The standard InChI is InChI=1S/C16H24N2/c1-13-11-14-5-2-3-7-16(14)18(12-13)15-6-4-9-17-10-8-15/h2-3,5,7,13,15,17H,4,6,8-12H2,1H3. The van der Waals surface area contributed by atoms with Gasteiger partial charge in [-0.05, 0) is 56.3 Å². The molecule has 2 heteroatoms. The third-order valence-corrected chi connectivity index (χ3v) is 4.36. The molecule has 1 N–H and O–H groups in total. The van der Waals surface area contributed by atoms with Gasteiger partial charge in [0.1, 0.15) is 0 Å². The lowest BCUT2D eigenvalue weighted by molar-refractivity contribution is 0.457. The molecule has 1 aromatic rings. The van der Waals surface area contributed by atoms with Crippen molar-refractivity contribution in [1.29, 1.82) is 0 Å². The Labute approximate surface area is 110 Å². The Bertz CT molecular complexity index is 394. The minimum Gasteiger partial charge on any atom is -0.368 e. The molecule has 98 valence electrons. The predicted octanol–water partition coefficient (Wildman–Crippen LogP) is 2.83. The zero-order chi connectivity index (χ0) is 12.4. The molecule has 0 amide bonds. The molecule has 18 heavy (non-hydrogen) atoms. The average molecular weight is 244 g/mol. The lowest BCUT2D eigenvalue weighted by Gasteiger charge is -2.40. The van der Waals surface area contributed by atoms with Crippen LogP contribution < -0.4 is 10.2 Å². The van der Waals surface area contributed by atoms with Crippen molar-refractivity contribution in [3.05, 3.63) is 29.8 Å². The van der Waals surface area contributed by atoms with E-state index in [1.165, 1.54) is 51.0 Å². The average Bonchev–Trinajstić information content (AvgIpc) is 2.66. The van der Waals surface area contributed by atoms with Crippen LogP contribution >= 0.6 is 0 Å². The van der Waals surface area contributed by atoms with Gasteiger partial charge in [-0.1, -0.05) is 25.1 Å². The van der Waals surface area contributed by atoms with E-state index < -0.39 is 0 Å². The van der Waals surface area contributed by atoms with Gasteiger partial charge in [0, 0.05) is 18.3 Å². The molecule has 2 heterocycles. The van der Waals surface area contributed by atoms with Crippen molar-refractivity contribution in [2.75, 3.05) is 24.5 Å². The molecule has 1 saturated heterocycles. The summed E-state index contributed by atoms with van der Waals surface area (Å²) in [5.74, 6) is 0.788. The van der Waals surface area contributed by atoms with Crippen LogP contribution in [0.4, 0.5) is 5.69 Å². The monoisotopic (exact) mass is 244 g/mol. The third-order valence-electron chi connectivity index (χ3n) is 4.36. The Morgan fingerprint density at radius 3 is 3.00 bits per heavy atom. The van der Waals surface area contributed by atoms with E-state index in [-0.39, 0.29) is 0 Å². The van der Waals surface area contributed by atoms with Crippen LogP contribution in [0.15, 0.2) is 24.3 Å². The van der Waals surface area contributed by atoms with Gasteiger partial charge >= 0.3 is 0 Å². The summed E-state index contributed by atoms with van der Waals surface area (Å²) >= 11 is 0. The summed E-state index contributed by atoms with van der Waals surface area (Å²) in [4.78, 5) is 2.69. The molecule has 0 radical (unpaired) electrons. The molecule has 3 rings (SSSR count). The van der Waals surface area contributed by atoms with E-state index in [9.17, 15) is 0 Å². The summed E-state index contributed by atoms with van der Waals surface area (Å²) in [5.41, 5.74) is 3.05. The summed E-state index contributed by atoms with van der Waals surface area (Å²) in [6, 6.07) is 9.75. The minimum atomic E-state index is 0.740. The van der Waals surface area contributed by atoms with Gasteiger partial charge in [-0.25, -0.2) is 0 Å². The molecule has 2 unspecified atom stereocenters. The first-order chi connectivity index (χ1) is 8.84. The van der Waals surface area contributed by atoms with Crippen molar-refractivity contribution in [3.63, 3.8) is 0 Å². The van der Waals surface area contributed by atoms with Crippen molar-refractivity contribution >= 4 is 5.69 Å². The van der Waals surface area contributed by atoms with Crippen LogP contribution in [-0.2, 0) is 6.42 Å². The summed E-state index contributed by atoms with van der Waals surface area (Å²) in [6.07, 6.45) is 5.20. The van der Waals surface area contributed by atoms with Crippen LogP contribution in [0.2, 0.25) is 0 Å². The summed E-state index contributed by atoms with van der Waals surface area (Å²) in [5, 5.41) is 3.52. The number of benzene rings is 1. The van der Waals surface area contributed by atoms with Crippen LogP contribution in [-0.4, -0.2) is 25.7 Å². The van der Waals surface area contributed by atoms with E-state index in [1.54, 1.807) is 5.56 Å². The maximum atomic E-state index is 3.52. The molecule has 0 bridgehead atoms. The van der Waals surface area contributed by atoms with Gasteiger partial charge in [-0.15, -0.1) is 0 Å². The second kappa shape index (κ2) is 5.31. The van der Waals surface area contributed by atoms with E-state index in [4.69, 9.17) is 0 Å². The zero-order valence-electron chi connectivity index (χ0n) is 11.4. The second-order valence-corrected chi connectivity index (χ2v) is 5.93. The zero-order valence-corrected chi connectivity index (χ0v) is 11.4.